The minimum atomic E-state index is 0.244. The number of nitrogens with zero attached hydrogens (tertiary/aromatic N) is 4. The summed E-state index contributed by atoms with van der Waals surface area (Å²) in [6, 6.07) is 0.244. The minimum absolute atomic E-state index is 0.244. The molecule has 5 nitrogen and oxygen atoms in total. The van der Waals surface area contributed by atoms with Gasteiger partial charge in [0.2, 0.25) is 0 Å². The minimum Gasteiger partial charge on any atom is -0.463 e. The van der Waals surface area contributed by atoms with Crippen LogP contribution in [-0.4, -0.2) is 26.2 Å². The topological polar surface area (TPSA) is 52.3 Å². The molecule has 0 aromatic carbocycles. The fraction of sp³-hybridized carbons (Fsp3) is 0.375. The summed E-state index contributed by atoms with van der Waals surface area (Å²) < 4.78 is 6.54. The maximum absolute atomic E-state index is 6.03. The van der Waals surface area contributed by atoms with Gasteiger partial charge in [-0.1, -0.05) is 23.2 Å². The van der Waals surface area contributed by atoms with Gasteiger partial charge in [0.1, 0.15) is 10.3 Å². The first-order valence-corrected chi connectivity index (χ1v) is 5.10. The zero-order valence-electron chi connectivity index (χ0n) is 8.16. The van der Waals surface area contributed by atoms with Gasteiger partial charge in [-0.05, 0) is 13.8 Å². The standard InChI is InChI=1S/C8H8Cl2N4O/c1-3-15-8-12-7-11-5(9)4(2)6(10)14(7)13-8/h3H2,1-2H3. The first kappa shape index (κ1) is 10.4. The molecule has 2 aromatic rings. The molecule has 0 saturated carbocycles. The average molecular weight is 247 g/mol. The Labute approximate surface area is 96.0 Å². The molecular weight excluding hydrogens is 239 g/mol. The van der Waals surface area contributed by atoms with Gasteiger partial charge in [-0.25, -0.2) is 0 Å². The number of rotatable bonds is 2. The lowest BCUT2D eigenvalue weighted by Crippen LogP contribution is -1.97. The maximum atomic E-state index is 6.03. The van der Waals surface area contributed by atoms with E-state index in [2.05, 4.69) is 15.1 Å². The van der Waals surface area contributed by atoms with Crippen molar-refractivity contribution >= 4 is 29.0 Å². The van der Waals surface area contributed by atoms with Crippen LogP contribution in [0.4, 0.5) is 0 Å². The van der Waals surface area contributed by atoms with Gasteiger partial charge in [0, 0.05) is 5.56 Å². The van der Waals surface area contributed by atoms with E-state index in [0.717, 1.165) is 0 Å². The molecule has 0 N–H and O–H groups in total. The Balaban J connectivity index is 2.65. The van der Waals surface area contributed by atoms with Crippen molar-refractivity contribution in [2.24, 2.45) is 0 Å². The summed E-state index contributed by atoms with van der Waals surface area (Å²) in [7, 11) is 0. The fourth-order valence-corrected chi connectivity index (χ4v) is 1.51. The molecule has 0 bridgehead atoms. The lowest BCUT2D eigenvalue weighted by Gasteiger charge is -2.00. The summed E-state index contributed by atoms with van der Waals surface area (Å²) in [6.07, 6.45) is 0. The van der Waals surface area contributed by atoms with Crippen molar-refractivity contribution in [2.75, 3.05) is 6.61 Å². The normalized spacial score (nSPS) is 10.9. The zero-order valence-corrected chi connectivity index (χ0v) is 9.67. The zero-order chi connectivity index (χ0) is 11.0. The van der Waals surface area contributed by atoms with E-state index in [4.69, 9.17) is 27.9 Å². The highest BCUT2D eigenvalue weighted by molar-refractivity contribution is 6.34. The van der Waals surface area contributed by atoms with E-state index in [-0.39, 0.29) is 6.01 Å². The van der Waals surface area contributed by atoms with Gasteiger partial charge >= 0.3 is 6.01 Å². The maximum Gasteiger partial charge on any atom is 0.337 e. The van der Waals surface area contributed by atoms with Gasteiger partial charge in [-0.2, -0.15) is 14.5 Å². The Hall–Kier alpha value is -1.07. The fourth-order valence-electron chi connectivity index (χ4n) is 1.10. The van der Waals surface area contributed by atoms with E-state index in [9.17, 15) is 0 Å². The van der Waals surface area contributed by atoms with Crippen molar-refractivity contribution in [3.8, 4) is 6.01 Å². The van der Waals surface area contributed by atoms with Crippen LogP contribution in [0.2, 0.25) is 10.3 Å². The molecule has 0 radical (unpaired) electrons. The van der Waals surface area contributed by atoms with Gasteiger partial charge in [0.05, 0.1) is 6.61 Å². The van der Waals surface area contributed by atoms with Crippen LogP contribution in [0.15, 0.2) is 0 Å². The molecule has 2 rings (SSSR count). The lowest BCUT2D eigenvalue weighted by molar-refractivity contribution is 0.313. The van der Waals surface area contributed by atoms with Crippen molar-refractivity contribution in [1.82, 2.24) is 19.6 Å². The van der Waals surface area contributed by atoms with Gasteiger partial charge in [-0.3, -0.25) is 0 Å². The van der Waals surface area contributed by atoms with Crippen LogP contribution in [-0.2, 0) is 0 Å². The molecule has 0 spiro atoms. The Bertz CT molecular complexity index is 511. The highest BCUT2D eigenvalue weighted by Crippen LogP contribution is 2.23. The highest BCUT2D eigenvalue weighted by Gasteiger charge is 2.13. The van der Waals surface area contributed by atoms with Crippen LogP contribution in [0.25, 0.3) is 5.78 Å². The van der Waals surface area contributed by atoms with Crippen LogP contribution in [0.1, 0.15) is 12.5 Å². The Morgan fingerprint density at radius 1 is 1.33 bits per heavy atom. The summed E-state index contributed by atoms with van der Waals surface area (Å²) in [4.78, 5) is 8.04. The number of hydrogen-bond donors (Lipinski definition) is 0. The molecule has 15 heavy (non-hydrogen) atoms. The summed E-state index contributed by atoms with van der Waals surface area (Å²) in [5.41, 5.74) is 0.666. The summed E-state index contributed by atoms with van der Waals surface area (Å²) in [5, 5.41) is 4.75. The molecule has 0 fully saturated rings. The summed E-state index contributed by atoms with van der Waals surface area (Å²) in [6.45, 7) is 4.10. The molecule has 2 heterocycles. The third-order valence-corrected chi connectivity index (χ3v) is 2.66. The highest BCUT2D eigenvalue weighted by atomic mass is 35.5. The van der Waals surface area contributed by atoms with Crippen molar-refractivity contribution in [2.45, 2.75) is 13.8 Å². The van der Waals surface area contributed by atoms with Gasteiger partial charge < -0.3 is 4.74 Å². The molecule has 0 aliphatic heterocycles. The predicted octanol–water partition coefficient (Wildman–Crippen LogP) is 2.14. The molecule has 0 aliphatic rings. The second-order valence-corrected chi connectivity index (χ2v) is 3.57. The Morgan fingerprint density at radius 2 is 2.07 bits per heavy atom. The van der Waals surface area contributed by atoms with Crippen molar-refractivity contribution < 1.29 is 4.74 Å². The van der Waals surface area contributed by atoms with Gasteiger partial charge in [0.25, 0.3) is 5.78 Å². The Kier molecular flexibility index (Phi) is 2.67. The quantitative estimate of drug-likeness (QED) is 0.763. The number of hydrogen-bond acceptors (Lipinski definition) is 4. The molecular formula is C8H8Cl2N4O. The number of halogens is 2. The van der Waals surface area contributed by atoms with Gasteiger partial charge in [-0.15, -0.1) is 5.10 Å². The molecule has 2 aromatic heterocycles. The van der Waals surface area contributed by atoms with Crippen molar-refractivity contribution in [3.63, 3.8) is 0 Å². The number of fused-ring (bicyclic) bond motifs is 1. The largest absolute Gasteiger partial charge is 0.463 e. The SMILES string of the molecule is CCOc1nc2nc(Cl)c(C)c(Cl)n2n1. The number of ether oxygens (including phenoxy) is 1. The summed E-state index contributed by atoms with van der Waals surface area (Å²) in [5.74, 6) is 0.332. The molecule has 0 amide bonds. The van der Waals surface area contributed by atoms with E-state index >= 15 is 0 Å². The second kappa shape index (κ2) is 3.83. The first-order chi connectivity index (χ1) is 7.13. The molecule has 80 valence electrons. The third-order valence-electron chi connectivity index (χ3n) is 1.85. The van der Waals surface area contributed by atoms with Crippen LogP contribution in [0, 0.1) is 6.92 Å². The second-order valence-electron chi connectivity index (χ2n) is 2.86. The molecule has 0 atom stereocenters. The van der Waals surface area contributed by atoms with E-state index < -0.39 is 0 Å². The van der Waals surface area contributed by atoms with E-state index in [1.807, 2.05) is 6.92 Å². The molecule has 0 saturated heterocycles. The molecule has 7 heteroatoms. The van der Waals surface area contributed by atoms with Crippen molar-refractivity contribution in [3.05, 3.63) is 15.9 Å². The van der Waals surface area contributed by atoms with Crippen molar-refractivity contribution in [1.29, 1.82) is 0 Å². The molecule has 0 aliphatic carbocycles. The first-order valence-electron chi connectivity index (χ1n) is 4.34. The van der Waals surface area contributed by atoms with E-state index in [1.165, 1.54) is 4.52 Å². The van der Waals surface area contributed by atoms with E-state index in [0.29, 0.717) is 28.3 Å². The smallest absolute Gasteiger partial charge is 0.337 e. The lowest BCUT2D eigenvalue weighted by atomic mass is 10.4. The summed E-state index contributed by atoms with van der Waals surface area (Å²) >= 11 is 11.9. The predicted molar refractivity (Wildman–Crippen MR) is 56.7 cm³/mol. The average Bonchev–Trinajstić information content (AvgIpc) is 2.58. The Morgan fingerprint density at radius 3 is 2.73 bits per heavy atom. The van der Waals surface area contributed by atoms with Gasteiger partial charge in [0.15, 0.2) is 0 Å². The van der Waals surface area contributed by atoms with Crippen LogP contribution in [0.3, 0.4) is 0 Å². The molecule has 0 unspecified atom stereocenters. The van der Waals surface area contributed by atoms with Crippen LogP contribution < -0.4 is 4.74 Å². The monoisotopic (exact) mass is 246 g/mol. The number of aromatic nitrogens is 4. The van der Waals surface area contributed by atoms with Crippen LogP contribution >= 0.6 is 23.2 Å². The van der Waals surface area contributed by atoms with Crippen LogP contribution in [0.5, 0.6) is 6.01 Å². The third kappa shape index (κ3) is 1.72. The van der Waals surface area contributed by atoms with E-state index in [1.54, 1.807) is 6.92 Å².